The molecular formula is C26H45O4PS. The van der Waals surface area contributed by atoms with Gasteiger partial charge >= 0.3 is 7.82 Å². The molecule has 0 saturated carbocycles. The summed E-state index contributed by atoms with van der Waals surface area (Å²) in [7, 11) is -4.14. The molecule has 0 spiro atoms. The Morgan fingerprint density at radius 3 is 1.66 bits per heavy atom. The molecule has 0 bridgehead atoms. The van der Waals surface area contributed by atoms with E-state index in [9.17, 15) is 9.46 Å². The van der Waals surface area contributed by atoms with E-state index in [4.69, 9.17) is 9.05 Å². The summed E-state index contributed by atoms with van der Waals surface area (Å²) < 4.78 is 22.8. The standard InChI is InChI=1S/C26H45O4PS/c1-11-18(2)19(3)20(4)21(5)22(6)23(7)24(8)25(9)26(10)30-31(27,28)29-16-14-12-13-15-17-32/h11,32H,12-17H2,1-10H3,(H,27,28). The van der Waals surface area contributed by atoms with Crippen LogP contribution in [0.15, 0.2) is 56.4 Å². The fourth-order valence-electron chi connectivity index (χ4n) is 3.20. The van der Waals surface area contributed by atoms with Gasteiger partial charge in [0, 0.05) is 0 Å². The predicted octanol–water partition coefficient (Wildman–Crippen LogP) is 8.88. The van der Waals surface area contributed by atoms with Crippen LogP contribution in [-0.4, -0.2) is 17.3 Å². The van der Waals surface area contributed by atoms with Crippen molar-refractivity contribution in [2.24, 2.45) is 0 Å². The molecule has 32 heavy (non-hydrogen) atoms. The Morgan fingerprint density at radius 2 is 1.19 bits per heavy atom. The van der Waals surface area contributed by atoms with Crippen LogP contribution in [0.25, 0.3) is 0 Å². The second kappa shape index (κ2) is 15.0. The molecular weight excluding hydrogens is 439 g/mol. The highest BCUT2D eigenvalue weighted by molar-refractivity contribution is 7.80. The molecule has 1 unspecified atom stereocenters. The first-order valence-electron chi connectivity index (χ1n) is 11.4. The number of phosphoric ester groups is 1. The molecule has 0 fully saturated rings. The van der Waals surface area contributed by atoms with Crippen LogP contribution in [0.3, 0.4) is 0 Å². The molecule has 184 valence electrons. The van der Waals surface area contributed by atoms with Crippen molar-refractivity contribution in [1.82, 2.24) is 0 Å². The van der Waals surface area contributed by atoms with Crippen molar-refractivity contribution in [2.45, 2.75) is 94.9 Å². The lowest BCUT2D eigenvalue weighted by atomic mass is 9.90. The van der Waals surface area contributed by atoms with Gasteiger partial charge in [-0.2, -0.15) is 12.6 Å². The predicted molar refractivity (Wildman–Crippen MR) is 142 cm³/mol. The lowest BCUT2D eigenvalue weighted by Gasteiger charge is -2.18. The van der Waals surface area contributed by atoms with Crippen LogP contribution < -0.4 is 0 Å². The maximum absolute atomic E-state index is 12.3. The number of thiol groups is 1. The molecule has 0 aromatic rings. The minimum atomic E-state index is -4.14. The van der Waals surface area contributed by atoms with Crippen LogP contribution >= 0.6 is 20.5 Å². The maximum Gasteiger partial charge on any atom is 0.527 e. The molecule has 0 aliphatic rings. The van der Waals surface area contributed by atoms with Gasteiger partial charge < -0.3 is 4.52 Å². The summed E-state index contributed by atoms with van der Waals surface area (Å²) in [6.45, 7) is 20.7. The van der Waals surface area contributed by atoms with Crippen molar-refractivity contribution >= 4 is 20.5 Å². The van der Waals surface area contributed by atoms with Gasteiger partial charge in [0.1, 0.15) is 5.76 Å². The van der Waals surface area contributed by atoms with E-state index in [2.05, 4.69) is 67.2 Å². The molecule has 6 heteroatoms. The van der Waals surface area contributed by atoms with E-state index in [1.165, 1.54) is 27.9 Å². The van der Waals surface area contributed by atoms with Crippen LogP contribution in [0.4, 0.5) is 0 Å². The highest BCUT2D eigenvalue weighted by Crippen LogP contribution is 2.46. The minimum Gasteiger partial charge on any atom is -0.409 e. The van der Waals surface area contributed by atoms with E-state index in [1.807, 2.05) is 13.8 Å². The third-order valence-electron chi connectivity index (χ3n) is 6.49. The number of hydrogen-bond acceptors (Lipinski definition) is 4. The number of allylic oxidation sites excluding steroid dienone is 10. The third-order valence-corrected chi connectivity index (χ3v) is 7.82. The van der Waals surface area contributed by atoms with Crippen molar-refractivity contribution in [3.05, 3.63) is 56.4 Å². The third kappa shape index (κ3) is 10.3. The Kier molecular flexibility index (Phi) is 14.5. The first-order chi connectivity index (χ1) is 14.8. The van der Waals surface area contributed by atoms with Crippen molar-refractivity contribution in [3.63, 3.8) is 0 Å². The van der Waals surface area contributed by atoms with Gasteiger partial charge in [-0.15, -0.1) is 0 Å². The van der Waals surface area contributed by atoms with Gasteiger partial charge in [-0.3, -0.25) is 9.42 Å². The van der Waals surface area contributed by atoms with Crippen molar-refractivity contribution in [1.29, 1.82) is 0 Å². The van der Waals surface area contributed by atoms with E-state index < -0.39 is 7.82 Å². The summed E-state index contributed by atoms with van der Waals surface area (Å²) in [6.07, 6.45) is 5.88. The lowest BCUT2D eigenvalue weighted by Crippen LogP contribution is -2.00. The average molecular weight is 485 g/mol. The van der Waals surface area contributed by atoms with Gasteiger partial charge in [-0.05, 0) is 127 Å². The van der Waals surface area contributed by atoms with Gasteiger partial charge in [0.15, 0.2) is 0 Å². The molecule has 0 radical (unpaired) electrons. The second-order valence-corrected chi connectivity index (χ2v) is 10.3. The van der Waals surface area contributed by atoms with Gasteiger partial charge in [-0.1, -0.05) is 24.5 Å². The molecule has 4 nitrogen and oxygen atoms in total. The van der Waals surface area contributed by atoms with Crippen molar-refractivity contribution < 1.29 is 18.5 Å². The zero-order chi connectivity index (χ0) is 25.1. The number of hydrogen-bond donors (Lipinski definition) is 2. The zero-order valence-corrected chi connectivity index (χ0v) is 23.7. The SMILES string of the molecule is CC=C(C)C(C)=C(C)C(C)=C(C)C(C)=C(C)C(C)=C(C)OP(=O)(O)OCCCCCCS. The molecule has 0 aliphatic carbocycles. The fourth-order valence-corrected chi connectivity index (χ4v) is 4.32. The van der Waals surface area contributed by atoms with Crippen LogP contribution in [0.5, 0.6) is 0 Å². The molecule has 0 rings (SSSR count). The molecule has 0 aromatic carbocycles. The summed E-state index contributed by atoms with van der Waals surface area (Å²) in [6, 6.07) is 0. The highest BCUT2D eigenvalue weighted by atomic mass is 32.1. The summed E-state index contributed by atoms with van der Waals surface area (Å²) in [5, 5.41) is 0. The average Bonchev–Trinajstić information content (AvgIpc) is 2.76. The summed E-state index contributed by atoms with van der Waals surface area (Å²) >= 11 is 4.18. The first kappa shape index (κ1) is 31.0. The minimum absolute atomic E-state index is 0.207. The Balaban J connectivity index is 5.58. The molecule has 0 aliphatic heterocycles. The van der Waals surface area contributed by atoms with Crippen molar-refractivity contribution in [3.8, 4) is 0 Å². The maximum atomic E-state index is 12.3. The summed E-state index contributed by atoms with van der Waals surface area (Å²) in [5.74, 6) is 1.26. The first-order valence-corrected chi connectivity index (χ1v) is 13.6. The molecule has 0 heterocycles. The fraction of sp³-hybridized carbons (Fsp3) is 0.615. The molecule has 0 aromatic heterocycles. The largest absolute Gasteiger partial charge is 0.527 e. The summed E-state index contributed by atoms with van der Waals surface area (Å²) in [4.78, 5) is 10.1. The smallest absolute Gasteiger partial charge is 0.409 e. The van der Waals surface area contributed by atoms with Gasteiger partial charge in [0.2, 0.25) is 0 Å². The monoisotopic (exact) mass is 484 g/mol. The summed E-state index contributed by atoms with van der Waals surface area (Å²) in [5.41, 5.74) is 9.25. The van der Waals surface area contributed by atoms with Gasteiger partial charge in [0.25, 0.3) is 0 Å². The normalized spacial score (nSPS) is 17.7. The zero-order valence-electron chi connectivity index (χ0n) is 21.9. The van der Waals surface area contributed by atoms with Crippen LogP contribution in [-0.2, 0) is 13.6 Å². The highest BCUT2D eigenvalue weighted by Gasteiger charge is 2.23. The Bertz CT molecular complexity index is 844. The van der Waals surface area contributed by atoms with E-state index in [1.54, 1.807) is 6.92 Å². The van der Waals surface area contributed by atoms with Crippen molar-refractivity contribution in [2.75, 3.05) is 12.4 Å². The van der Waals surface area contributed by atoms with E-state index in [0.717, 1.165) is 48.2 Å². The Labute approximate surface area is 202 Å². The van der Waals surface area contributed by atoms with Gasteiger partial charge in [-0.25, -0.2) is 4.57 Å². The van der Waals surface area contributed by atoms with Crippen LogP contribution in [0, 0.1) is 0 Å². The second-order valence-electron chi connectivity index (χ2n) is 8.43. The number of phosphoric acid groups is 1. The quantitative estimate of drug-likeness (QED) is 0.0901. The number of rotatable bonds is 13. The molecule has 1 N–H and O–H groups in total. The van der Waals surface area contributed by atoms with E-state index >= 15 is 0 Å². The molecule has 1 atom stereocenters. The van der Waals surface area contributed by atoms with Crippen LogP contribution in [0.2, 0.25) is 0 Å². The van der Waals surface area contributed by atoms with E-state index in [-0.39, 0.29) is 6.61 Å². The Hall–Kier alpha value is -1.000. The topological polar surface area (TPSA) is 55.8 Å². The lowest BCUT2D eigenvalue weighted by molar-refractivity contribution is 0.174. The van der Waals surface area contributed by atoms with Crippen LogP contribution in [0.1, 0.15) is 94.9 Å². The number of unbranched alkanes of at least 4 members (excludes halogenated alkanes) is 3. The molecule has 0 amide bonds. The van der Waals surface area contributed by atoms with Gasteiger partial charge in [0.05, 0.1) is 6.61 Å². The van der Waals surface area contributed by atoms with E-state index in [0.29, 0.717) is 5.76 Å². The molecule has 0 saturated heterocycles. The Morgan fingerprint density at radius 1 is 0.750 bits per heavy atom.